The Labute approximate surface area is 126 Å². The van der Waals surface area contributed by atoms with Gasteiger partial charge < -0.3 is 15.2 Å². The molecule has 5 nitrogen and oxygen atoms in total. The average Bonchev–Trinajstić information content (AvgIpc) is 2.41. The van der Waals surface area contributed by atoms with Crippen LogP contribution in [0.15, 0.2) is 28.9 Å². The van der Waals surface area contributed by atoms with Crippen molar-refractivity contribution in [3.63, 3.8) is 0 Å². The van der Waals surface area contributed by atoms with E-state index >= 15 is 0 Å². The van der Waals surface area contributed by atoms with Gasteiger partial charge in [-0.05, 0) is 34.1 Å². The molecule has 2 rings (SSSR count). The molecular formula is C12H9BrF3N3O2. The number of aromatic nitrogens is 2. The zero-order chi connectivity index (χ0) is 15.6. The van der Waals surface area contributed by atoms with Gasteiger partial charge in [0.05, 0.1) is 17.8 Å². The van der Waals surface area contributed by atoms with Gasteiger partial charge in [0.1, 0.15) is 11.3 Å². The Hall–Kier alpha value is -2.03. The van der Waals surface area contributed by atoms with Crippen molar-refractivity contribution in [1.82, 2.24) is 9.97 Å². The van der Waals surface area contributed by atoms with Gasteiger partial charge in [0.2, 0.25) is 5.88 Å². The fourth-order valence-corrected chi connectivity index (χ4v) is 1.84. The van der Waals surface area contributed by atoms with Gasteiger partial charge in [0.15, 0.2) is 0 Å². The van der Waals surface area contributed by atoms with Gasteiger partial charge >= 0.3 is 12.2 Å². The second kappa shape index (κ2) is 5.76. The number of ether oxygens (including phenoxy) is 2. The normalized spacial score (nSPS) is 11.3. The molecule has 0 amide bonds. The summed E-state index contributed by atoms with van der Waals surface area (Å²) in [5.74, 6) is -0.301. The van der Waals surface area contributed by atoms with Gasteiger partial charge in [-0.15, -0.1) is 0 Å². The van der Waals surface area contributed by atoms with E-state index in [4.69, 9.17) is 15.2 Å². The number of halogens is 4. The SMILES string of the molecule is COc1nc(Oc2ccc(N)cc2C(F)(F)F)ncc1Br. The monoisotopic (exact) mass is 363 g/mol. The van der Waals surface area contributed by atoms with E-state index < -0.39 is 17.5 Å². The predicted octanol–water partition coefficient (Wildman–Crippen LogP) is 3.64. The summed E-state index contributed by atoms with van der Waals surface area (Å²) in [5.41, 5.74) is 4.34. The maximum absolute atomic E-state index is 12.9. The Morgan fingerprint density at radius 3 is 2.62 bits per heavy atom. The molecule has 0 fully saturated rings. The minimum atomic E-state index is -4.61. The quantitative estimate of drug-likeness (QED) is 0.843. The predicted molar refractivity (Wildman–Crippen MR) is 72.2 cm³/mol. The van der Waals surface area contributed by atoms with E-state index in [1.54, 1.807) is 0 Å². The van der Waals surface area contributed by atoms with Gasteiger partial charge in [-0.25, -0.2) is 4.98 Å². The maximum atomic E-state index is 12.9. The number of nitrogen functional groups attached to an aromatic ring is 1. The highest BCUT2D eigenvalue weighted by Gasteiger charge is 2.35. The van der Waals surface area contributed by atoms with Crippen molar-refractivity contribution < 1.29 is 22.6 Å². The lowest BCUT2D eigenvalue weighted by atomic mass is 10.1. The standard InChI is InChI=1S/C12H9BrF3N3O2/c1-20-10-8(13)5-18-11(19-10)21-9-3-2-6(17)4-7(9)12(14,15)16/h2-5H,17H2,1H3. The molecule has 2 N–H and O–H groups in total. The Kier molecular flexibility index (Phi) is 4.21. The number of alkyl halides is 3. The van der Waals surface area contributed by atoms with Crippen LogP contribution >= 0.6 is 15.9 Å². The molecule has 0 saturated carbocycles. The molecule has 0 radical (unpaired) electrons. The van der Waals surface area contributed by atoms with Crippen LogP contribution in [-0.2, 0) is 6.18 Å². The summed E-state index contributed by atoms with van der Waals surface area (Å²) >= 11 is 3.13. The number of nitrogens with zero attached hydrogens (tertiary/aromatic N) is 2. The number of anilines is 1. The van der Waals surface area contributed by atoms with Crippen LogP contribution in [0, 0.1) is 0 Å². The Morgan fingerprint density at radius 1 is 1.29 bits per heavy atom. The molecule has 21 heavy (non-hydrogen) atoms. The maximum Gasteiger partial charge on any atom is 0.420 e. The molecule has 1 aromatic heterocycles. The van der Waals surface area contributed by atoms with E-state index in [2.05, 4.69) is 25.9 Å². The third-order valence-electron chi connectivity index (χ3n) is 2.39. The molecule has 1 heterocycles. The van der Waals surface area contributed by atoms with E-state index in [0.717, 1.165) is 12.1 Å². The largest absolute Gasteiger partial charge is 0.480 e. The van der Waals surface area contributed by atoms with Crippen LogP contribution in [0.25, 0.3) is 0 Å². The molecule has 0 aliphatic carbocycles. The Bertz CT molecular complexity index is 665. The fourth-order valence-electron chi connectivity index (χ4n) is 1.49. The zero-order valence-corrected chi connectivity index (χ0v) is 12.2. The van der Waals surface area contributed by atoms with Gasteiger partial charge in [-0.2, -0.15) is 18.2 Å². The first-order valence-electron chi connectivity index (χ1n) is 5.52. The first-order valence-corrected chi connectivity index (χ1v) is 6.31. The Balaban J connectivity index is 2.40. The molecule has 0 unspecified atom stereocenters. The second-order valence-corrected chi connectivity index (χ2v) is 4.72. The molecule has 0 aliphatic rings. The van der Waals surface area contributed by atoms with Crippen molar-refractivity contribution in [2.75, 3.05) is 12.8 Å². The third kappa shape index (κ3) is 3.54. The van der Waals surface area contributed by atoms with E-state index in [9.17, 15) is 13.2 Å². The van der Waals surface area contributed by atoms with Crippen LogP contribution in [0.4, 0.5) is 18.9 Å². The van der Waals surface area contributed by atoms with E-state index in [1.807, 2.05) is 0 Å². The van der Waals surface area contributed by atoms with E-state index in [-0.39, 0.29) is 17.6 Å². The summed E-state index contributed by atoms with van der Waals surface area (Å²) < 4.78 is 49.3. The smallest absolute Gasteiger partial charge is 0.420 e. The summed E-state index contributed by atoms with van der Waals surface area (Å²) in [6.45, 7) is 0. The van der Waals surface area contributed by atoms with Gasteiger partial charge in [0, 0.05) is 5.69 Å². The van der Waals surface area contributed by atoms with E-state index in [0.29, 0.717) is 4.47 Å². The van der Waals surface area contributed by atoms with Crippen LogP contribution in [0.5, 0.6) is 17.6 Å². The lowest BCUT2D eigenvalue weighted by Crippen LogP contribution is -2.08. The van der Waals surface area contributed by atoms with Crippen molar-refractivity contribution in [1.29, 1.82) is 0 Å². The van der Waals surface area contributed by atoms with Crippen molar-refractivity contribution >= 4 is 21.6 Å². The van der Waals surface area contributed by atoms with E-state index in [1.165, 1.54) is 19.4 Å². The van der Waals surface area contributed by atoms with Gasteiger partial charge in [-0.3, -0.25) is 0 Å². The van der Waals surface area contributed by atoms with Crippen molar-refractivity contribution in [2.24, 2.45) is 0 Å². The van der Waals surface area contributed by atoms with Crippen molar-refractivity contribution in [3.8, 4) is 17.6 Å². The highest BCUT2D eigenvalue weighted by molar-refractivity contribution is 9.10. The zero-order valence-electron chi connectivity index (χ0n) is 10.6. The number of benzene rings is 1. The lowest BCUT2D eigenvalue weighted by molar-refractivity contribution is -0.138. The topological polar surface area (TPSA) is 70.3 Å². The molecule has 2 aromatic rings. The van der Waals surface area contributed by atoms with Crippen molar-refractivity contribution in [2.45, 2.75) is 6.18 Å². The van der Waals surface area contributed by atoms with Crippen LogP contribution < -0.4 is 15.2 Å². The summed E-state index contributed by atoms with van der Waals surface area (Å²) in [4.78, 5) is 7.60. The summed E-state index contributed by atoms with van der Waals surface area (Å²) in [5, 5.41) is 0. The number of hydrogen-bond acceptors (Lipinski definition) is 5. The second-order valence-electron chi connectivity index (χ2n) is 3.87. The van der Waals surface area contributed by atoms with Gasteiger partial charge in [0.25, 0.3) is 0 Å². The number of rotatable bonds is 3. The molecule has 0 saturated heterocycles. The summed E-state index contributed by atoms with van der Waals surface area (Å²) in [6.07, 6.45) is -3.30. The first kappa shape index (κ1) is 15.4. The summed E-state index contributed by atoms with van der Waals surface area (Å²) in [7, 11) is 1.36. The molecule has 0 bridgehead atoms. The Morgan fingerprint density at radius 2 is 2.00 bits per heavy atom. The van der Waals surface area contributed by atoms with Crippen LogP contribution in [0.2, 0.25) is 0 Å². The lowest BCUT2D eigenvalue weighted by Gasteiger charge is -2.13. The minimum Gasteiger partial charge on any atom is -0.480 e. The van der Waals surface area contributed by atoms with Crippen LogP contribution in [0.3, 0.4) is 0 Å². The minimum absolute atomic E-state index is 0.0241. The molecule has 0 atom stereocenters. The number of hydrogen-bond donors (Lipinski definition) is 1. The molecular weight excluding hydrogens is 355 g/mol. The molecule has 0 aliphatic heterocycles. The summed E-state index contributed by atoms with van der Waals surface area (Å²) in [6, 6.07) is 2.91. The van der Waals surface area contributed by atoms with Gasteiger partial charge in [-0.1, -0.05) is 0 Å². The molecule has 1 aromatic carbocycles. The highest BCUT2D eigenvalue weighted by atomic mass is 79.9. The van der Waals surface area contributed by atoms with Crippen LogP contribution in [0.1, 0.15) is 5.56 Å². The fraction of sp³-hybridized carbons (Fsp3) is 0.167. The highest BCUT2D eigenvalue weighted by Crippen LogP contribution is 2.39. The average molecular weight is 364 g/mol. The third-order valence-corrected chi connectivity index (χ3v) is 2.94. The van der Waals surface area contributed by atoms with Crippen LogP contribution in [-0.4, -0.2) is 17.1 Å². The number of nitrogens with two attached hydrogens (primary N) is 1. The first-order chi connectivity index (χ1) is 9.81. The molecule has 112 valence electrons. The number of methoxy groups -OCH3 is 1. The van der Waals surface area contributed by atoms with Crippen molar-refractivity contribution in [3.05, 3.63) is 34.4 Å². The molecule has 9 heteroatoms. The molecule has 0 spiro atoms.